The van der Waals surface area contributed by atoms with Crippen molar-refractivity contribution in [1.29, 1.82) is 0 Å². The lowest BCUT2D eigenvalue weighted by molar-refractivity contribution is -0.907. The lowest BCUT2D eigenvalue weighted by Crippen LogP contribution is -3.12. The van der Waals surface area contributed by atoms with Gasteiger partial charge in [-0.25, -0.2) is 4.79 Å². The maximum atomic E-state index is 12.9. The minimum atomic E-state index is -0.423. The number of hydrogen-bond donors (Lipinski definition) is 2. The van der Waals surface area contributed by atoms with E-state index in [9.17, 15) is 9.59 Å². The fraction of sp³-hybridized carbons (Fsp3) is 0.368. The van der Waals surface area contributed by atoms with E-state index in [1.54, 1.807) is 13.8 Å². The minimum absolute atomic E-state index is 0.00892. The number of carbonyl (C=O) groups is 2. The number of aryl methyl sites for hydroxylation is 1. The third-order valence-electron chi connectivity index (χ3n) is 4.60. The van der Waals surface area contributed by atoms with Gasteiger partial charge in [0.05, 0.1) is 25.4 Å². The largest absolute Gasteiger partial charge is 0.465 e. The number of halogens is 1. The second kappa shape index (κ2) is 7.97. The molecule has 1 aromatic carbocycles. The first kappa shape index (κ1) is 19.4. The Labute approximate surface area is 156 Å². The monoisotopic (exact) mass is 407 g/mol. The molecule has 0 aliphatic rings. The van der Waals surface area contributed by atoms with Crippen LogP contribution in [-0.2, 0) is 11.3 Å². The van der Waals surface area contributed by atoms with Crippen molar-refractivity contribution >= 4 is 27.7 Å². The van der Waals surface area contributed by atoms with Crippen LogP contribution in [0.4, 0.5) is 0 Å². The van der Waals surface area contributed by atoms with Crippen molar-refractivity contribution < 1.29 is 19.2 Å². The molecule has 0 radical (unpaired) electrons. The van der Waals surface area contributed by atoms with Gasteiger partial charge in [-0.05, 0) is 38.5 Å². The van der Waals surface area contributed by atoms with E-state index in [2.05, 4.69) is 20.9 Å². The number of rotatable bonds is 6. The van der Waals surface area contributed by atoms with Crippen molar-refractivity contribution in [1.82, 2.24) is 4.98 Å². The van der Waals surface area contributed by atoms with Crippen molar-refractivity contribution in [3.05, 3.63) is 56.8 Å². The standard InChI is InChI=1S/C19H23BrN2O3/c1-11-16(19(24)25-5)12(2)21-17(11)18(23)13(3)22(4)10-14-6-8-15(20)9-7-14/h6-9,13,21H,10H2,1-5H3/p+1/t13-/m1/s1. The zero-order chi connectivity index (χ0) is 18.7. The SMILES string of the molecule is COC(=O)c1c(C)[nH]c(C(=O)[C@@H](C)[NH+](C)Cc2ccc(Br)cc2)c1C. The van der Waals surface area contributed by atoms with Crippen LogP contribution in [0.15, 0.2) is 28.7 Å². The molecule has 1 heterocycles. The second-order valence-corrected chi connectivity index (χ2v) is 7.27. The van der Waals surface area contributed by atoms with Gasteiger partial charge in [0.1, 0.15) is 6.54 Å². The molecule has 0 saturated heterocycles. The fourth-order valence-electron chi connectivity index (χ4n) is 2.92. The third kappa shape index (κ3) is 4.19. The van der Waals surface area contributed by atoms with Crippen LogP contribution in [0.25, 0.3) is 0 Å². The van der Waals surface area contributed by atoms with Crippen LogP contribution in [0.1, 0.15) is 44.6 Å². The van der Waals surface area contributed by atoms with E-state index in [1.165, 1.54) is 7.11 Å². The molecule has 2 N–H and O–H groups in total. The first-order valence-corrected chi connectivity index (χ1v) is 8.94. The summed E-state index contributed by atoms with van der Waals surface area (Å²) in [6, 6.07) is 7.84. The van der Waals surface area contributed by atoms with Gasteiger partial charge in [0, 0.05) is 15.7 Å². The van der Waals surface area contributed by atoms with Crippen LogP contribution in [0.5, 0.6) is 0 Å². The highest BCUT2D eigenvalue weighted by molar-refractivity contribution is 9.10. The molecule has 1 unspecified atom stereocenters. The zero-order valence-corrected chi connectivity index (χ0v) is 16.8. The number of esters is 1. The van der Waals surface area contributed by atoms with E-state index in [0.717, 1.165) is 21.5 Å². The predicted molar refractivity (Wildman–Crippen MR) is 100 cm³/mol. The van der Waals surface area contributed by atoms with Gasteiger partial charge in [0.15, 0.2) is 6.04 Å². The molecule has 25 heavy (non-hydrogen) atoms. The van der Waals surface area contributed by atoms with Crippen LogP contribution < -0.4 is 4.90 Å². The highest BCUT2D eigenvalue weighted by Crippen LogP contribution is 2.20. The maximum Gasteiger partial charge on any atom is 0.339 e. The summed E-state index contributed by atoms with van der Waals surface area (Å²) in [5.41, 5.74) is 3.40. The average Bonchev–Trinajstić information content (AvgIpc) is 2.89. The number of carbonyl (C=O) groups excluding carboxylic acids is 2. The van der Waals surface area contributed by atoms with Crippen LogP contribution in [0.2, 0.25) is 0 Å². The van der Waals surface area contributed by atoms with E-state index in [1.807, 2.05) is 38.2 Å². The molecular formula is C19H24BrN2O3+. The number of nitrogens with one attached hydrogen (secondary N) is 2. The molecule has 0 spiro atoms. The lowest BCUT2D eigenvalue weighted by atomic mass is 10.0. The molecule has 2 rings (SSSR count). The van der Waals surface area contributed by atoms with E-state index < -0.39 is 5.97 Å². The minimum Gasteiger partial charge on any atom is -0.465 e. The van der Waals surface area contributed by atoms with Gasteiger partial charge >= 0.3 is 5.97 Å². The summed E-state index contributed by atoms with van der Waals surface area (Å²) in [5, 5.41) is 0. The zero-order valence-electron chi connectivity index (χ0n) is 15.2. The van der Waals surface area contributed by atoms with Gasteiger partial charge in [-0.3, -0.25) is 4.79 Å². The molecule has 6 heteroatoms. The Balaban J connectivity index is 2.19. The van der Waals surface area contributed by atoms with E-state index in [0.29, 0.717) is 22.5 Å². The number of ketones is 1. The number of aromatic amines is 1. The number of aromatic nitrogens is 1. The summed E-state index contributed by atoms with van der Waals surface area (Å²) in [5.74, 6) is -0.432. The molecule has 2 aromatic rings. The summed E-state index contributed by atoms with van der Waals surface area (Å²) < 4.78 is 5.84. The summed E-state index contributed by atoms with van der Waals surface area (Å²) in [6.45, 7) is 6.20. The maximum absolute atomic E-state index is 12.9. The van der Waals surface area contributed by atoms with Gasteiger partial charge in [-0.15, -0.1) is 0 Å². The quantitative estimate of drug-likeness (QED) is 0.570. The molecule has 0 aliphatic carbocycles. The number of likely N-dealkylation sites (N-methyl/N-ethyl adjacent to an activating group) is 1. The van der Waals surface area contributed by atoms with Crippen molar-refractivity contribution in [2.45, 2.75) is 33.4 Å². The van der Waals surface area contributed by atoms with Crippen LogP contribution in [0.3, 0.4) is 0 Å². The molecule has 0 fully saturated rings. The number of quaternary nitrogens is 1. The molecule has 2 atom stereocenters. The molecule has 0 aliphatic heterocycles. The van der Waals surface area contributed by atoms with Gasteiger partial charge in [0.2, 0.25) is 5.78 Å². The Bertz CT molecular complexity index is 781. The number of ether oxygens (including phenoxy) is 1. The summed E-state index contributed by atoms with van der Waals surface area (Å²) in [7, 11) is 3.34. The second-order valence-electron chi connectivity index (χ2n) is 6.35. The Hall–Kier alpha value is -1.92. The molecule has 0 saturated carbocycles. The van der Waals surface area contributed by atoms with Crippen LogP contribution in [-0.4, -0.2) is 36.9 Å². The molecule has 0 amide bonds. The number of H-pyrrole nitrogens is 1. The van der Waals surface area contributed by atoms with Gasteiger partial charge in [-0.1, -0.05) is 28.1 Å². The number of methoxy groups -OCH3 is 1. The molecule has 1 aromatic heterocycles. The van der Waals surface area contributed by atoms with Crippen molar-refractivity contribution in [3.63, 3.8) is 0 Å². The normalized spacial score (nSPS) is 13.4. The van der Waals surface area contributed by atoms with E-state index in [4.69, 9.17) is 4.74 Å². The van der Waals surface area contributed by atoms with Crippen molar-refractivity contribution in [3.8, 4) is 0 Å². The molecule has 134 valence electrons. The van der Waals surface area contributed by atoms with Crippen LogP contribution in [0, 0.1) is 13.8 Å². The highest BCUT2D eigenvalue weighted by atomic mass is 79.9. The topological polar surface area (TPSA) is 63.6 Å². The lowest BCUT2D eigenvalue weighted by Gasteiger charge is -2.20. The molecule has 0 bridgehead atoms. The number of benzene rings is 1. The first-order chi connectivity index (χ1) is 11.8. The predicted octanol–water partition coefficient (Wildman–Crippen LogP) is 2.47. The van der Waals surface area contributed by atoms with Gasteiger partial charge < -0.3 is 14.6 Å². The summed E-state index contributed by atoms with van der Waals surface area (Å²) >= 11 is 3.43. The first-order valence-electron chi connectivity index (χ1n) is 8.14. The van der Waals surface area contributed by atoms with E-state index >= 15 is 0 Å². The Morgan fingerprint density at radius 1 is 1.24 bits per heavy atom. The van der Waals surface area contributed by atoms with Gasteiger partial charge in [-0.2, -0.15) is 0 Å². The smallest absolute Gasteiger partial charge is 0.339 e. The third-order valence-corrected chi connectivity index (χ3v) is 5.13. The Kier molecular flexibility index (Phi) is 6.19. The number of hydrogen-bond acceptors (Lipinski definition) is 3. The number of Topliss-reactive ketones (excluding diaryl/α,β-unsaturated/α-hetero) is 1. The van der Waals surface area contributed by atoms with E-state index in [-0.39, 0.29) is 11.8 Å². The fourth-order valence-corrected chi connectivity index (χ4v) is 3.19. The highest BCUT2D eigenvalue weighted by Gasteiger charge is 2.29. The molecule has 5 nitrogen and oxygen atoms in total. The summed E-state index contributed by atoms with van der Waals surface area (Å²) in [6.07, 6.45) is 0. The van der Waals surface area contributed by atoms with Crippen molar-refractivity contribution in [2.24, 2.45) is 0 Å². The average molecular weight is 408 g/mol. The van der Waals surface area contributed by atoms with Crippen LogP contribution >= 0.6 is 15.9 Å². The van der Waals surface area contributed by atoms with Crippen molar-refractivity contribution in [2.75, 3.05) is 14.2 Å². The molecular weight excluding hydrogens is 384 g/mol. The summed E-state index contributed by atoms with van der Waals surface area (Å²) in [4.78, 5) is 29.0. The Morgan fingerprint density at radius 3 is 2.40 bits per heavy atom. The van der Waals surface area contributed by atoms with Gasteiger partial charge in [0.25, 0.3) is 0 Å². The Morgan fingerprint density at radius 2 is 1.84 bits per heavy atom.